The number of aromatic nitrogens is 2. The maximum absolute atomic E-state index is 11.3. The predicted octanol–water partition coefficient (Wildman–Crippen LogP) is 3.20. The quantitative estimate of drug-likeness (QED) is 0.773. The molecule has 20 heavy (non-hydrogen) atoms. The minimum absolute atomic E-state index is 0.0398. The monoisotopic (exact) mass is 354 g/mol. The highest BCUT2D eigenvalue weighted by Gasteiger charge is 2.18. The van der Waals surface area contributed by atoms with E-state index < -0.39 is 9.05 Å². The largest absolute Gasteiger partial charge is 0.490 e. The lowest BCUT2D eigenvalue weighted by Gasteiger charge is -2.10. The highest BCUT2D eigenvalue weighted by molar-refractivity contribution is 8.13. The summed E-state index contributed by atoms with van der Waals surface area (Å²) in [5.41, 5.74) is 0. The average molecular weight is 356 g/mol. The van der Waals surface area contributed by atoms with E-state index >= 15 is 0 Å². The lowest BCUT2D eigenvalue weighted by Crippen LogP contribution is -2.07. The van der Waals surface area contributed by atoms with Crippen LogP contribution in [0.2, 0.25) is 10.0 Å². The van der Waals surface area contributed by atoms with Crippen LogP contribution in [-0.4, -0.2) is 24.6 Å². The van der Waals surface area contributed by atoms with E-state index in [9.17, 15) is 8.42 Å². The van der Waals surface area contributed by atoms with E-state index in [1.807, 2.05) is 4.57 Å². The van der Waals surface area contributed by atoms with Crippen LogP contribution in [0.5, 0.6) is 5.75 Å². The molecule has 0 aliphatic rings. The molecule has 1 aromatic carbocycles. The molecule has 1 aromatic heterocycles. The number of rotatable bonds is 5. The molecule has 2 rings (SSSR count). The molecule has 0 fully saturated rings. The van der Waals surface area contributed by atoms with Crippen LogP contribution in [0, 0.1) is 0 Å². The van der Waals surface area contributed by atoms with Gasteiger partial charge in [0.25, 0.3) is 9.05 Å². The van der Waals surface area contributed by atoms with Crippen molar-refractivity contribution < 1.29 is 13.2 Å². The summed E-state index contributed by atoms with van der Waals surface area (Å²) in [6.07, 6.45) is 5.10. The van der Waals surface area contributed by atoms with E-state index in [1.165, 1.54) is 12.1 Å². The van der Waals surface area contributed by atoms with Gasteiger partial charge < -0.3 is 9.30 Å². The van der Waals surface area contributed by atoms with E-state index in [2.05, 4.69) is 4.98 Å². The fourth-order valence-electron chi connectivity index (χ4n) is 1.49. The second kappa shape index (κ2) is 6.22. The molecule has 5 nitrogen and oxygen atoms in total. The van der Waals surface area contributed by atoms with Crippen molar-refractivity contribution in [3.63, 3.8) is 0 Å². The van der Waals surface area contributed by atoms with Crippen molar-refractivity contribution >= 4 is 42.9 Å². The molecule has 0 unspecified atom stereocenters. The van der Waals surface area contributed by atoms with Crippen LogP contribution >= 0.6 is 33.9 Å². The van der Waals surface area contributed by atoms with Crippen LogP contribution in [0.1, 0.15) is 0 Å². The van der Waals surface area contributed by atoms with Crippen molar-refractivity contribution in [2.24, 2.45) is 0 Å². The van der Waals surface area contributed by atoms with Gasteiger partial charge >= 0.3 is 0 Å². The molecule has 0 atom stereocenters. The van der Waals surface area contributed by atoms with Crippen LogP contribution in [0.25, 0.3) is 0 Å². The summed E-state index contributed by atoms with van der Waals surface area (Å²) >= 11 is 11.8. The lowest BCUT2D eigenvalue weighted by molar-refractivity contribution is 0.298. The first-order valence-corrected chi connectivity index (χ1v) is 8.46. The van der Waals surface area contributed by atoms with Gasteiger partial charge in [0, 0.05) is 29.1 Å². The molecule has 0 amide bonds. The van der Waals surface area contributed by atoms with Crippen molar-refractivity contribution in [1.29, 1.82) is 0 Å². The molecule has 0 bridgehead atoms. The van der Waals surface area contributed by atoms with Gasteiger partial charge in [0.05, 0.1) is 22.9 Å². The van der Waals surface area contributed by atoms with Gasteiger partial charge in [-0.2, -0.15) is 0 Å². The normalized spacial score (nSPS) is 11.6. The fourth-order valence-corrected chi connectivity index (χ4v) is 3.28. The summed E-state index contributed by atoms with van der Waals surface area (Å²) in [4.78, 5) is 3.65. The van der Waals surface area contributed by atoms with Crippen LogP contribution < -0.4 is 4.74 Å². The predicted molar refractivity (Wildman–Crippen MR) is 77.2 cm³/mol. The minimum Gasteiger partial charge on any atom is -0.490 e. The van der Waals surface area contributed by atoms with Crippen molar-refractivity contribution in [3.05, 3.63) is 40.9 Å². The van der Waals surface area contributed by atoms with Crippen molar-refractivity contribution in [2.45, 2.75) is 11.4 Å². The zero-order valence-corrected chi connectivity index (χ0v) is 13.0. The molecular formula is C11H9Cl3N2O3S. The van der Waals surface area contributed by atoms with E-state index in [0.29, 0.717) is 18.9 Å². The Labute approximate surface area is 130 Å². The van der Waals surface area contributed by atoms with Gasteiger partial charge in [-0.3, -0.25) is 0 Å². The summed E-state index contributed by atoms with van der Waals surface area (Å²) in [6.45, 7) is 0.906. The van der Waals surface area contributed by atoms with E-state index in [-0.39, 0.29) is 14.9 Å². The van der Waals surface area contributed by atoms with Gasteiger partial charge in [-0.1, -0.05) is 23.2 Å². The summed E-state index contributed by atoms with van der Waals surface area (Å²) in [6, 6.07) is 2.49. The minimum atomic E-state index is -3.94. The van der Waals surface area contributed by atoms with Crippen LogP contribution in [0.4, 0.5) is 0 Å². The summed E-state index contributed by atoms with van der Waals surface area (Å²) in [5.74, 6) is 0.292. The number of hydrogen-bond acceptors (Lipinski definition) is 4. The van der Waals surface area contributed by atoms with Crippen molar-refractivity contribution in [1.82, 2.24) is 9.55 Å². The Balaban J connectivity index is 2.11. The average Bonchev–Trinajstić information content (AvgIpc) is 2.84. The number of ether oxygens (including phenoxy) is 1. The van der Waals surface area contributed by atoms with Gasteiger partial charge in [-0.05, 0) is 6.07 Å². The van der Waals surface area contributed by atoms with Gasteiger partial charge in [-0.25, -0.2) is 13.4 Å². The number of benzene rings is 1. The first-order valence-electron chi connectivity index (χ1n) is 5.40. The Hall–Kier alpha value is -0.950. The summed E-state index contributed by atoms with van der Waals surface area (Å²) in [7, 11) is 1.30. The molecule has 0 saturated carbocycles. The molecule has 2 aromatic rings. The number of nitrogens with zero attached hydrogens (tertiary/aromatic N) is 2. The van der Waals surface area contributed by atoms with Crippen molar-refractivity contribution in [3.8, 4) is 5.75 Å². The molecule has 0 radical (unpaired) electrons. The standard InChI is InChI=1S/C11H9Cl3N2O3S/c12-8-6-11(20(14,17)18)9(13)5-10(8)19-4-3-16-2-1-15-7-16/h1-2,5-7H,3-4H2. The van der Waals surface area contributed by atoms with Gasteiger partial charge in [0.15, 0.2) is 0 Å². The lowest BCUT2D eigenvalue weighted by atomic mass is 10.3. The molecular weight excluding hydrogens is 347 g/mol. The smallest absolute Gasteiger partial charge is 0.262 e. The number of hydrogen-bond donors (Lipinski definition) is 0. The molecule has 0 aliphatic heterocycles. The molecule has 1 heterocycles. The molecule has 0 N–H and O–H groups in total. The Morgan fingerprint density at radius 1 is 1.25 bits per heavy atom. The molecule has 0 saturated heterocycles. The Kier molecular flexibility index (Phi) is 4.80. The Bertz CT molecular complexity index is 702. The third-order valence-corrected chi connectivity index (χ3v) is 4.50. The summed E-state index contributed by atoms with van der Waals surface area (Å²) < 4.78 is 29.8. The van der Waals surface area contributed by atoms with Crippen LogP contribution in [-0.2, 0) is 15.6 Å². The first-order chi connectivity index (χ1) is 9.38. The molecule has 9 heteroatoms. The maximum Gasteiger partial charge on any atom is 0.262 e. The van der Waals surface area contributed by atoms with Crippen LogP contribution in [0.15, 0.2) is 35.7 Å². The number of halogens is 3. The second-order valence-electron chi connectivity index (χ2n) is 3.80. The van der Waals surface area contributed by atoms with Crippen molar-refractivity contribution in [2.75, 3.05) is 6.61 Å². The second-order valence-corrected chi connectivity index (χ2v) is 7.15. The zero-order chi connectivity index (χ0) is 14.8. The Morgan fingerprint density at radius 3 is 2.60 bits per heavy atom. The van der Waals surface area contributed by atoms with Gasteiger partial charge in [0.1, 0.15) is 17.3 Å². The van der Waals surface area contributed by atoms with E-state index in [0.717, 1.165) is 0 Å². The molecule has 108 valence electrons. The maximum atomic E-state index is 11.3. The third-order valence-electron chi connectivity index (χ3n) is 2.42. The molecule has 0 aliphatic carbocycles. The molecule has 0 spiro atoms. The third kappa shape index (κ3) is 3.79. The highest BCUT2D eigenvalue weighted by Crippen LogP contribution is 2.34. The highest BCUT2D eigenvalue weighted by atomic mass is 35.7. The fraction of sp³-hybridized carbons (Fsp3) is 0.182. The Morgan fingerprint density at radius 2 is 2.00 bits per heavy atom. The SMILES string of the molecule is O=S(=O)(Cl)c1cc(Cl)c(OCCn2ccnc2)cc1Cl. The van der Waals surface area contributed by atoms with E-state index in [1.54, 1.807) is 18.7 Å². The number of imidazole rings is 1. The van der Waals surface area contributed by atoms with Crippen LogP contribution in [0.3, 0.4) is 0 Å². The topological polar surface area (TPSA) is 61.2 Å². The zero-order valence-electron chi connectivity index (χ0n) is 9.96. The summed E-state index contributed by atoms with van der Waals surface area (Å²) in [5, 5.41) is 0.0845. The van der Waals surface area contributed by atoms with Gasteiger partial charge in [0.2, 0.25) is 0 Å². The van der Waals surface area contributed by atoms with Gasteiger partial charge in [-0.15, -0.1) is 0 Å². The first kappa shape index (κ1) is 15.4. The van der Waals surface area contributed by atoms with E-state index in [4.69, 9.17) is 38.6 Å².